The molecule has 0 radical (unpaired) electrons. The number of rotatable bonds is 4. The Kier molecular flexibility index (Phi) is 4.48. The summed E-state index contributed by atoms with van der Waals surface area (Å²) >= 11 is 1.73. The van der Waals surface area contributed by atoms with Crippen molar-refractivity contribution in [1.82, 2.24) is 0 Å². The van der Waals surface area contributed by atoms with Crippen LogP contribution < -0.4 is 5.32 Å². The Bertz CT molecular complexity index is 584. The predicted octanol–water partition coefficient (Wildman–Crippen LogP) is 4.45. The standard InChI is InChI=1S/C16H16N2S/c1-12(14-5-3-4-13(10-14)11-17)18-15-6-8-16(19-2)9-7-15/h3-10,12,18H,1-2H3. The van der Waals surface area contributed by atoms with Crippen LogP contribution in [0.5, 0.6) is 0 Å². The van der Waals surface area contributed by atoms with Gasteiger partial charge < -0.3 is 5.32 Å². The topological polar surface area (TPSA) is 35.8 Å². The summed E-state index contributed by atoms with van der Waals surface area (Å²) in [5, 5.41) is 12.4. The van der Waals surface area contributed by atoms with Crippen molar-refractivity contribution in [3.63, 3.8) is 0 Å². The number of anilines is 1. The lowest BCUT2D eigenvalue weighted by atomic mass is 10.1. The second-order valence-corrected chi connectivity index (χ2v) is 5.21. The number of hydrogen-bond donors (Lipinski definition) is 1. The van der Waals surface area contributed by atoms with Gasteiger partial charge in [-0.05, 0) is 55.1 Å². The number of nitrogens with zero attached hydrogens (tertiary/aromatic N) is 1. The Balaban J connectivity index is 2.11. The maximum atomic E-state index is 8.92. The molecule has 0 aliphatic heterocycles. The molecule has 2 aromatic rings. The van der Waals surface area contributed by atoms with Crippen molar-refractivity contribution >= 4 is 17.4 Å². The Labute approximate surface area is 118 Å². The summed E-state index contributed by atoms with van der Waals surface area (Å²) in [4.78, 5) is 1.25. The lowest BCUT2D eigenvalue weighted by molar-refractivity contribution is 0.884. The zero-order chi connectivity index (χ0) is 13.7. The highest BCUT2D eigenvalue weighted by atomic mass is 32.2. The molecule has 0 saturated heterocycles. The van der Waals surface area contributed by atoms with Gasteiger partial charge >= 0.3 is 0 Å². The van der Waals surface area contributed by atoms with Gasteiger partial charge in [0.25, 0.3) is 0 Å². The Morgan fingerprint density at radius 3 is 2.53 bits per heavy atom. The highest BCUT2D eigenvalue weighted by Crippen LogP contribution is 2.22. The zero-order valence-corrected chi connectivity index (χ0v) is 11.9. The van der Waals surface area contributed by atoms with Gasteiger partial charge in [0.15, 0.2) is 0 Å². The molecule has 1 N–H and O–H groups in total. The first-order chi connectivity index (χ1) is 9.22. The van der Waals surface area contributed by atoms with Gasteiger partial charge in [-0.3, -0.25) is 0 Å². The first-order valence-corrected chi connectivity index (χ1v) is 7.36. The van der Waals surface area contributed by atoms with Crippen LogP contribution in [0.1, 0.15) is 24.1 Å². The van der Waals surface area contributed by atoms with Gasteiger partial charge in [0.05, 0.1) is 11.6 Å². The summed E-state index contributed by atoms with van der Waals surface area (Å²) < 4.78 is 0. The van der Waals surface area contributed by atoms with Gasteiger partial charge in [0.2, 0.25) is 0 Å². The Morgan fingerprint density at radius 2 is 1.89 bits per heavy atom. The Hall–Kier alpha value is -1.92. The third-order valence-corrected chi connectivity index (χ3v) is 3.73. The molecule has 0 aromatic heterocycles. The molecule has 3 heteroatoms. The van der Waals surface area contributed by atoms with Crippen LogP contribution in [-0.2, 0) is 0 Å². The molecule has 0 bridgehead atoms. The fourth-order valence-electron chi connectivity index (χ4n) is 1.90. The number of nitrogens with one attached hydrogen (secondary N) is 1. The van der Waals surface area contributed by atoms with Gasteiger partial charge in [-0.15, -0.1) is 11.8 Å². The van der Waals surface area contributed by atoms with E-state index >= 15 is 0 Å². The molecule has 0 aliphatic carbocycles. The molecular weight excluding hydrogens is 252 g/mol. The molecule has 1 atom stereocenters. The molecule has 1 unspecified atom stereocenters. The van der Waals surface area contributed by atoms with E-state index in [2.05, 4.69) is 48.8 Å². The largest absolute Gasteiger partial charge is 0.379 e. The van der Waals surface area contributed by atoms with Gasteiger partial charge in [-0.1, -0.05) is 12.1 Å². The number of hydrogen-bond acceptors (Lipinski definition) is 3. The van der Waals surface area contributed by atoms with Gasteiger partial charge in [0, 0.05) is 16.6 Å². The molecule has 0 heterocycles. The van der Waals surface area contributed by atoms with E-state index in [9.17, 15) is 0 Å². The van der Waals surface area contributed by atoms with Crippen molar-refractivity contribution in [2.24, 2.45) is 0 Å². The molecule has 2 rings (SSSR count). The van der Waals surface area contributed by atoms with Crippen molar-refractivity contribution < 1.29 is 0 Å². The van der Waals surface area contributed by atoms with Gasteiger partial charge in [0.1, 0.15) is 0 Å². The fourth-order valence-corrected chi connectivity index (χ4v) is 2.31. The minimum absolute atomic E-state index is 0.174. The summed E-state index contributed by atoms with van der Waals surface area (Å²) in [6.07, 6.45) is 2.07. The van der Waals surface area contributed by atoms with Crippen molar-refractivity contribution in [3.8, 4) is 6.07 Å². The van der Waals surface area contributed by atoms with Gasteiger partial charge in [-0.2, -0.15) is 5.26 Å². The van der Waals surface area contributed by atoms with E-state index in [-0.39, 0.29) is 6.04 Å². The first-order valence-electron chi connectivity index (χ1n) is 6.13. The molecule has 2 nitrogen and oxygen atoms in total. The van der Waals surface area contributed by atoms with Gasteiger partial charge in [-0.25, -0.2) is 0 Å². The number of nitriles is 1. The van der Waals surface area contributed by atoms with E-state index < -0.39 is 0 Å². The summed E-state index contributed by atoms with van der Waals surface area (Å²) in [6, 6.07) is 18.4. The summed E-state index contributed by atoms with van der Waals surface area (Å²) in [5.74, 6) is 0. The maximum absolute atomic E-state index is 8.92. The summed E-state index contributed by atoms with van der Waals surface area (Å²) in [7, 11) is 0. The average molecular weight is 268 g/mol. The monoisotopic (exact) mass is 268 g/mol. The minimum atomic E-state index is 0.174. The maximum Gasteiger partial charge on any atom is 0.0991 e. The molecule has 0 amide bonds. The molecule has 19 heavy (non-hydrogen) atoms. The summed E-state index contributed by atoms with van der Waals surface area (Å²) in [5.41, 5.74) is 2.91. The molecule has 0 aliphatic rings. The third-order valence-electron chi connectivity index (χ3n) is 2.99. The van der Waals surface area contributed by atoms with Crippen molar-refractivity contribution in [1.29, 1.82) is 5.26 Å². The summed E-state index contributed by atoms with van der Waals surface area (Å²) in [6.45, 7) is 2.10. The second-order valence-electron chi connectivity index (χ2n) is 4.33. The fraction of sp³-hybridized carbons (Fsp3) is 0.188. The van der Waals surface area contributed by atoms with E-state index in [0.717, 1.165) is 11.3 Å². The SMILES string of the molecule is CSc1ccc(NC(C)c2cccc(C#N)c2)cc1. The lowest BCUT2D eigenvalue weighted by Crippen LogP contribution is -2.06. The highest BCUT2D eigenvalue weighted by Gasteiger charge is 2.06. The van der Waals surface area contributed by atoms with E-state index in [4.69, 9.17) is 5.26 Å². The third kappa shape index (κ3) is 3.52. The zero-order valence-electron chi connectivity index (χ0n) is 11.1. The van der Waals surface area contributed by atoms with Crippen LogP contribution in [-0.4, -0.2) is 6.26 Å². The minimum Gasteiger partial charge on any atom is -0.379 e. The van der Waals surface area contributed by atoms with Crippen LogP contribution in [0.2, 0.25) is 0 Å². The molecule has 0 saturated carbocycles. The normalized spacial score (nSPS) is 11.6. The van der Waals surface area contributed by atoms with Crippen LogP contribution >= 0.6 is 11.8 Å². The number of benzene rings is 2. The molecular formula is C16H16N2S. The van der Waals surface area contributed by atoms with Crippen LogP contribution in [0.4, 0.5) is 5.69 Å². The first kappa shape index (κ1) is 13.5. The molecule has 96 valence electrons. The lowest BCUT2D eigenvalue weighted by Gasteiger charge is -2.16. The quantitative estimate of drug-likeness (QED) is 0.832. The van der Waals surface area contributed by atoms with Crippen molar-refractivity contribution in [3.05, 3.63) is 59.7 Å². The van der Waals surface area contributed by atoms with Crippen molar-refractivity contribution in [2.45, 2.75) is 17.9 Å². The molecule has 0 fully saturated rings. The molecule has 0 spiro atoms. The van der Waals surface area contributed by atoms with E-state index in [1.807, 2.05) is 24.3 Å². The van der Waals surface area contributed by atoms with Crippen molar-refractivity contribution in [2.75, 3.05) is 11.6 Å². The van der Waals surface area contributed by atoms with E-state index in [1.165, 1.54) is 4.90 Å². The van der Waals surface area contributed by atoms with Crippen LogP contribution in [0.3, 0.4) is 0 Å². The van der Waals surface area contributed by atoms with Crippen LogP contribution in [0.25, 0.3) is 0 Å². The highest BCUT2D eigenvalue weighted by molar-refractivity contribution is 7.98. The van der Waals surface area contributed by atoms with E-state index in [0.29, 0.717) is 5.56 Å². The smallest absolute Gasteiger partial charge is 0.0991 e. The molecule has 2 aromatic carbocycles. The number of thioether (sulfide) groups is 1. The second kappa shape index (κ2) is 6.31. The predicted molar refractivity (Wildman–Crippen MR) is 81.4 cm³/mol. The Morgan fingerprint density at radius 1 is 1.16 bits per heavy atom. The van der Waals surface area contributed by atoms with E-state index in [1.54, 1.807) is 11.8 Å². The van der Waals surface area contributed by atoms with Crippen LogP contribution in [0.15, 0.2) is 53.4 Å². The average Bonchev–Trinajstić information content (AvgIpc) is 2.48. The van der Waals surface area contributed by atoms with Crippen LogP contribution in [0, 0.1) is 11.3 Å².